The van der Waals surface area contributed by atoms with Crippen molar-refractivity contribution in [2.75, 3.05) is 0 Å². The van der Waals surface area contributed by atoms with Gasteiger partial charge in [-0.2, -0.15) is 5.10 Å². The van der Waals surface area contributed by atoms with E-state index in [0.29, 0.717) is 17.9 Å². The van der Waals surface area contributed by atoms with Crippen LogP contribution in [-0.2, 0) is 6.54 Å². The first kappa shape index (κ1) is 16.0. The first-order valence-electron chi connectivity index (χ1n) is 8.30. The van der Waals surface area contributed by atoms with Crippen LogP contribution in [0.3, 0.4) is 0 Å². The standard InChI is InChI=1S/C19H18N6O/c1-12-13(2)24-17-15(12)6-3-7-16(17)19(26)22-9-14-5-4-8-21-18(14)25-11-20-10-23-25/h3-8,10-11,24H,9H2,1-2H3,(H,22,26). The van der Waals surface area contributed by atoms with E-state index >= 15 is 0 Å². The van der Waals surface area contributed by atoms with Crippen LogP contribution in [0.15, 0.2) is 49.2 Å². The Kier molecular flexibility index (Phi) is 3.96. The van der Waals surface area contributed by atoms with E-state index in [-0.39, 0.29) is 5.91 Å². The van der Waals surface area contributed by atoms with Gasteiger partial charge in [-0.25, -0.2) is 14.6 Å². The van der Waals surface area contributed by atoms with Crippen molar-refractivity contribution in [1.29, 1.82) is 0 Å². The number of H-pyrrole nitrogens is 1. The largest absolute Gasteiger partial charge is 0.358 e. The van der Waals surface area contributed by atoms with Crippen LogP contribution in [-0.4, -0.2) is 30.6 Å². The number of hydrogen-bond donors (Lipinski definition) is 2. The molecule has 0 bridgehead atoms. The zero-order valence-corrected chi connectivity index (χ0v) is 14.5. The molecule has 0 fully saturated rings. The normalized spacial score (nSPS) is 11.0. The lowest BCUT2D eigenvalue weighted by Gasteiger charge is -2.10. The van der Waals surface area contributed by atoms with E-state index in [9.17, 15) is 4.79 Å². The third-order valence-electron chi connectivity index (χ3n) is 4.53. The topological polar surface area (TPSA) is 88.5 Å². The second-order valence-electron chi connectivity index (χ2n) is 6.11. The molecule has 0 unspecified atom stereocenters. The number of carbonyl (C=O) groups is 1. The number of benzene rings is 1. The highest BCUT2D eigenvalue weighted by molar-refractivity contribution is 6.06. The highest BCUT2D eigenvalue weighted by Gasteiger charge is 2.15. The number of amides is 1. The molecular formula is C19H18N6O. The maximum Gasteiger partial charge on any atom is 0.253 e. The number of nitrogens with one attached hydrogen (secondary N) is 2. The maximum absolute atomic E-state index is 12.8. The van der Waals surface area contributed by atoms with Crippen LogP contribution in [0, 0.1) is 13.8 Å². The molecule has 0 spiro atoms. The van der Waals surface area contributed by atoms with Crippen molar-refractivity contribution < 1.29 is 4.79 Å². The molecule has 0 aliphatic heterocycles. The molecule has 0 aliphatic rings. The van der Waals surface area contributed by atoms with Crippen molar-refractivity contribution in [3.63, 3.8) is 0 Å². The summed E-state index contributed by atoms with van der Waals surface area (Å²) in [4.78, 5) is 24.4. The number of para-hydroxylation sites is 1. The van der Waals surface area contributed by atoms with Crippen molar-refractivity contribution >= 4 is 16.8 Å². The van der Waals surface area contributed by atoms with Crippen molar-refractivity contribution in [3.8, 4) is 5.82 Å². The summed E-state index contributed by atoms with van der Waals surface area (Å²) in [7, 11) is 0. The van der Waals surface area contributed by atoms with E-state index in [1.54, 1.807) is 17.2 Å². The zero-order chi connectivity index (χ0) is 18.1. The minimum Gasteiger partial charge on any atom is -0.358 e. The molecule has 0 aliphatic carbocycles. The molecule has 7 heteroatoms. The number of nitrogens with zero attached hydrogens (tertiary/aromatic N) is 4. The third kappa shape index (κ3) is 2.73. The van der Waals surface area contributed by atoms with Gasteiger partial charge in [0.25, 0.3) is 5.91 Å². The first-order valence-corrected chi connectivity index (χ1v) is 8.30. The van der Waals surface area contributed by atoms with E-state index in [4.69, 9.17) is 0 Å². The first-order chi connectivity index (χ1) is 12.6. The molecule has 3 aromatic heterocycles. The van der Waals surface area contributed by atoms with E-state index in [1.807, 2.05) is 37.3 Å². The van der Waals surface area contributed by atoms with Crippen LogP contribution in [0.25, 0.3) is 16.7 Å². The number of carbonyl (C=O) groups excluding carboxylic acids is 1. The van der Waals surface area contributed by atoms with Gasteiger partial charge in [-0.15, -0.1) is 0 Å². The fraction of sp³-hybridized carbons (Fsp3) is 0.158. The van der Waals surface area contributed by atoms with E-state index in [2.05, 4.69) is 32.3 Å². The summed E-state index contributed by atoms with van der Waals surface area (Å²) in [5, 5.41) is 8.16. The lowest BCUT2D eigenvalue weighted by molar-refractivity contribution is 0.0952. The molecule has 7 nitrogen and oxygen atoms in total. The second-order valence-corrected chi connectivity index (χ2v) is 6.11. The predicted octanol–water partition coefficient (Wildman–Crippen LogP) is 2.69. The Labute approximate surface area is 150 Å². The number of aromatic amines is 1. The van der Waals surface area contributed by atoms with Gasteiger partial charge in [0.15, 0.2) is 5.82 Å². The molecule has 0 saturated heterocycles. The van der Waals surface area contributed by atoms with Gasteiger partial charge in [-0.3, -0.25) is 4.79 Å². The summed E-state index contributed by atoms with van der Waals surface area (Å²) in [6, 6.07) is 9.50. The molecule has 1 amide bonds. The van der Waals surface area contributed by atoms with Crippen molar-refractivity contribution in [1.82, 2.24) is 30.0 Å². The highest BCUT2D eigenvalue weighted by atomic mass is 16.1. The molecule has 4 rings (SSSR count). The third-order valence-corrected chi connectivity index (χ3v) is 4.53. The van der Waals surface area contributed by atoms with Crippen LogP contribution in [0.2, 0.25) is 0 Å². The van der Waals surface area contributed by atoms with Crippen molar-refractivity contribution in [3.05, 3.63) is 71.6 Å². The molecule has 0 atom stereocenters. The van der Waals surface area contributed by atoms with Crippen LogP contribution in [0.4, 0.5) is 0 Å². The van der Waals surface area contributed by atoms with Crippen molar-refractivity contribution in [2.45, 2.75) is 20.4 Å². The van der Waals surface area contributed by atoms with Gasteiger partial charge < -0.3 is 10.3 Å². The Morgan fingerprint density at radius 2 is 2.12 bits per heavy atom. The second kappa shape index (κ2) is 6.44. The lowest BCUT2D eigenvalue weighted by atomic mass is 10.1. The Morgan fingerprint density at radius 3 is 2.92 bits per heavy atom. The summed E-state index contributed by atoms with van der Waals surface area (Å²) in [6.07, 6.45) is 4.72. The summed E-state index contributed by atoms with van der Waals surface area (Å²) >= 11 is 0. The van der Waals surface area contributed by atoms with Crippen LogP contribution >= 0.6 is 0 Å². The lowest BCUT2D eigenvalue weighted by Crippen LogP contribution is -2.24. The van der Waals surface area contributed by atoms with E-state index in [0.717, 1.165) is 27.7 Å². The summed E-state index contributed by atoms with van der Waals surface area (Å²) in [5.74, 6) is 0.514. The minimum absolute atomic E-state index is 0.134. The molecule has 2 N–H and O–H groups in total. The van der Waals surface area contributed by atoms with E-state index < -0.39 is 0 Å². The molecule has 1 aromatic carbocycles. The summed E-state index contributed by atoms with van der Waals surface area (Å²) < 4.78 is 1.58. The van der Waals surface area contributed by atoms with Gasteiger partial charge >= 0.3 is 0 Å². The Morgan fingerprint density at radius 1 is 1.23 bits per heavy atom. The number of aromatic nitrogens is 5. The van der Waals surface area contributed by atoms with Gasteiger partial charge in [0, 0.05) is 29.4 Å². The summed E-state index contributed by atoms with van der Waals surface area (Å²) in [5.41, 5.74) is 4.58. The highest BCUT2D eigenvalue weighted by Crippen LogP contribution is 2.24. The Hall–Kier alpha value is -3.48. The minimum atomic E-state index is -0.134. The van der Waals surface area contributed by atoms with Gasteiger partial charge in [-0.05, 0) is 31.5 Å². The quantitative estimate of drug-likeness (QED) is 0.595. The number of aryl methyl sites for hydroxylation is 2. The number of rotatable bonds is 4. The van der Waals surface area contributed by atoms with Gasteiger partial charge in [0.05, 0.1) is 11.1 Å². The molecule has 3 heterocycles. The van der Waals surface area contributed by atoms with Gasteiger partial charge in [-0.1, -0.05) is 18.2 Å². The van der Waals surface area contributed by atoms with Gasteiger partial charge in [0.1, 0.15) is 12.7 Å². The van der Waals surface area contributed by atoms with Crippen LogP contribution in [0.5, 0.6) is 0 Å². The molecule has 0 saturated carbocycles. The number of hydrogen-bond acceptors (Lipinski definition) is 4. The Bertz CT molecular complexity index is 1080. The number of fused-ring (bicyclic) bond motifs is 1. The smallest absolute Gasteiger partial charge is 0.253 e. The number of pyridine rings is 1. The van der Waals surface area contributed by atoms with Gasteiger partial charge in [0.2, 0.25) is 0 Å². The molecule has 26 heavy (non-hydrogen) atoms. The molecule has 0 radical (unpaired) electrons. The molecular weight excluding hydrogens is 328 g/mol. The van der Waals surface area contributed by atoms with Crippen LogP contribution < -0.4 is 5.32 Å². The van der Waals surface area contributed by atoms with E-state index in [1.165, 1.54) is 6.33 Å². The molecule has 130 valence electrons. The predicted molar refractivity (Wildman–Crippen MR) is 98.1 cm³/mol. The average Bonchev–Trinajstić information content (AvgIpc) is 3.29. The Balaban J connectivity index is 1.60. The van der Waals surface area contributed by atoms with Crippen LogP contribution in [0.1, 0.15) is 27.2 Å². The van der Waals surface area contributed by atoms with Crippen molar-refractivity contribution in [2.24, 2.45) is 0 Å². The average molecular weight is 346 g/mol. The zero-order valence-electron chi connectivity index (χ0n) is 14.5. The summed E-state index contributed by atoms with van der Waals surface area (Å²) in [6.45, 7) is 4.41. The fourth-order valence-electron chi connectivity index (χ4n) is 3.03. The SMILES string of the molecule is Cc1[nH]c2c(C(=O)NCc3cccnc3-n3cncn3)cccc2c1C. The fourth-order valence-corrected chi connectivity index (χ4v) is 3.03. The monoisotopic (exact) mass is 346 g/mol. The maximum atomic E-state index is 12.8. The molecule has 4 aromatic rings.